The topological polar surface area (TPSA) is 96.3 Å². The Bertz CT molecular complexity index is 311. The maximum absolute atomic E-state index is 11.0. The van der Waals surface area contributed by atoms with Crippen LogP contribution < -0.4 is 0 Å². The lowest BCUT2D eigenvalue weighted by Gasteiger charge is -2.40. The van der Waals surface area contributed by atoms with E-state index in [-0.39, 0.29) is 13.0 Å². The summed E-state index contributed by atoms with van der Waals surface area (Å²) in [5.41, 5.74) is 0. The zero-order valence-corrected chi connectivity index (χ0v) is 8.59. The van der Waals surface area contributed by atoms with Crippen LogP contribution in [0.4, 0.5) is 4.79 Å². The highest BCUT2D eigenvalue weighted by Gasteiger charge is 2.48. The van der Waals surface area contributed by atoms with Crippen LogP contribution in [0, 0.1) is 0 Å². The van der Waals surface area contributed by atoms with E-state index in [0.29, 0.717) is 19.6 Å². The standard InChI is InChI=1S/C9H13NO6/c11-7(12)6-5-9(15-3-4-16-9)1-2-10(6)8(13)14/h6H,1-5H2,(H,11,12)(H,13,14)/t6-/m1/s1. The molecule has 16 heavy (non-hydrogen) atoms. The molecule has 0 unspecified atom stereocenters. The third kappa shape index (κ3) is 1.83. The van der Waals surface area contributed by atoms with Crippen molar-refractivity contribution in [1.29, 1.82) is 0 Å². The summed E-state index contributed by atoms with van der Waals surface area (Å²) in [6.07, 6.45) is -0.794. The van der Waals surface area contributed by atoms with Gasteiger partial charge in [0.2, 0.25) is 0 Å². The normalized spacial score (nSPS) is 28.2. The van der Waals surface area contributed by atoms with Crippen molar-refractivity contribution in [2.24, 2.45) is 0 Å². The molecule has 2 N–H and O–H groups in total. The Kier molecular flexibility index (Phi) is 2.73. The number of carboxylic acids is 1. The zero-order chi connectivity index (χ0) is 11.8. The summed E-state index contributed by atoms with van der Waals surface area (Å²) in [6, 6.07) is -1.09. The molecular weight excluding hydrogens is 218 g/mol. The molecule has 0 saturated carbocycles. The largest absolute Gasteiger partial charge is 0.480 e. The zero-order valence-electron chi connectivity index (χ0n) is 8.59. The van der Waals surface area contributed by atoms with E-state index >= 15 is 0 Å². The van der Waals surface area contributed by atoms with Gasteiger partial charge >= 0.3 is 12.1 Å². The number of likely N-dealkylation sites (tertiary alicyclic amines) is 1. The molecule has 0 aromatic rings. The summed E-state index contributed by atoms with van der Waals surface area (Å²) >= 11 is 0. The Morgan fingerprint density at radius 2 is 1.88 bits per heavy atom. The van der Waals surface area contributed by atoms with Crippen LogP contribution in [0.5, 0.6) is 0 Å². The highest BCUT2D eigenvalue weighted by atomic mass is 16.7. The first-order valence-corrected chi connectivity index (χ1v) is 5.04. The van der Waals surface area contributed by atoms with Gasteiger partial charge in [0.05, 0.1) is 13.2 Å². The highest BCUT2D eigenvalue weighted by molar-refractivity contribution is 5.79. The highest BCUT2D eigenvalue weighted by Crippen LogP contribution is 2.34. The second kappa shape index (κ2) is 3.91. The molecule has 2 rings (SSSR count). The second-order valence-electron chi connectivity index (χ2n) is 3.89. The molecule has 7 nitrogen and oxygen atoms in total. The number of piperidine rings is 1. The van der Waals surface area contributed by atoms with Crippen molar-refractivity contribution in [2.75, 3.05) is 19.8 Å². The van der Waals surface area contributed by atoms with E-state index in [2.05, 4.69) is 0 Å². The van der Waals surface area contributed by atoms with Gasteiger partial charge < -0.3 is 19.7 Å². The molecule has 1 atom stereocenters. The van der Waals surface area contributed by atoms with Gasteiger partial charge in [-0.25, -0.2) is 9.59 Å². The number of hydrogen-bond donors (Lipinski definition) is 2. The van der Waals surface area contributed by atoms with E-state index in [1.165, 1.54) is 0 Å². The van der Waals surface area contributed by atoms with Gasteiger partial charge in [-0.05, 0) is 0 Å². The maximum Gasteiger partial charge on any atom is 0.408 e. The van der Waals surface area contributed by atoms with Crippen LogP contribution in [0.25, 0.3) is 0 Å². The van der Waals surface area contributed by atoms with Gasteiger partial charge in [-0.1, -0.05) is 0 Å². The predicted molar refractivity (Wildman–Crippen MR) is 50.0 cm³/mol. The van der Waals surface area contributed by atoms with Crippen LogP contribution in [0.2, 0.25) is 0 Å². The molecule has 7 heteroatoms. The Labute approximate surface area is 91.5 Å². The first-order valence-electron chi connectivity index (χ1n) is 5.04. The molecule has 1 spiro atoms. The number of carboxylic acid groups (broad SMARTS) is 2. The fraction of sp³-hybridized carbons (Fsp3) is 0.778. The van der Waals surface area contributed by atoms with Crippen LogP contribution in [-0.4, -0.2) is 58.8 Å². The molecule has 2 aliphatic heterocycles. The first-order chi connectivity index (χ1) is 7.54. The van der Waals surface area contributed by atoms with Gasteiger partial charge in [-0.2, -0.15) is 0 Å². The monoisotopic (exact) mass is 231 g/mol. The fourth-order valence-electron chi connectivity index (χ4n) is 2.16. The van der Waals surface area contributed by atoms with E-state index in [4.69, 9.17) is 19.7 Å². The molecule has 0 aromatic carbocycles. The summed E-state index contributed by atoms with van der Waals surface area (Å²) in [7, 11) is 0. The third-order valence-corrected chi connectivity index (χ3v) is 2.96. The Balaban J connectivity index is 2.14. The summed E-state index contributed by atoms with van der Waals surface area (Å²) in [5.74, 6) is -2.06. The van der Waals surface area contributed by atoms with Crippen molar-refractivity contribution in [3.63, 3.8) is 0 Å². The SMILES string of the molecule is O=C(O)[C@H]1CC2(CCN1C(=O)O)OCCO2. The van der Waals surface area contributed by atoms with Crippen LogP contribution in [0.3, 0.4) is 0 Å². The Morgan fingerprint density at radius 3 is 2.38 bits per heavy atom. The van der Waals surface area contributed by atoms with Crippen LogP contribution >= 0.6 is 0 Å². The summed E-state index contributed by atoms with van der Waals surface area (Å²) in [5, 5.41) is 17.9. The molecule has 0 bridgehead atoms. The number of aliphatic carboxylic acids is 1. The number of ether oxygens (including phenoxy) is 2. The average molecular weight is 231 g/mol. The van der Waals surface area contributed by atoms with Crippen molar-refractivity contribution < 1.29 is 29.3 Å². The predicted octanol–water partition coefficient (Wildman–Crippen LogP) is -0.0435. The molecular formula is C9H13NO6. The van der Waals surface area contributed by atoms with E-state index in [0.717, 1.165) is 4.90 Å². The van der Waals surface area contributed by atoms with E-state index in [9.17, 15) is 9.59 Å². The fourth-order valence-corrected chi connectivity index (χ4v) is 2.16. The lowest BCUT2D eigenvalue weighted by atomic mass is 9.96. The van der Waals surface area contributed by atoms with E-state index in [1.54, 1.807) is 0 Å². The molecule has 2 aliphatic rings. The Morgan fingerprint density at radius 1 is 1.25 bits per heavy atom. The van der Waals surface area contributed by atoms with Crippen LogP contribution in [0.15, 0.2) is 0 Å². The summed E-state index contributed by atoms with van der Waals surface area (Å²) < 4.78 is 10.8. The molecule has 2 fully saturated rings. The minimum Gasteiger partial charge on any atom is -0.480 e. The van der Waals surface area contributed by atoms with Gasteiger partial charge in [0.1, 0.15) is 6.04 Å². The van der Waals surface area contributed by atoms with Gasteiger partial charge in [-0.15, -0.1) is 0 Å². The van der Waals surface area contributed by atoms with Gasteiger partial charge in [0, 0.05) is 19.4 Å². The number of hydrogen-bond acceptors (Lipinski definition) is 4. The number of rotatable bonds is 1. The Hall–Kier alpha value is -1.34. The van der Waals surface area contributed by atoms with E-state index < -0.39 is 23.9 Å². The van der Waals surface area contributed by atoms with Gasteiger partial charge in [0.15, 0.2) is 5.79 Å². The molecule has 0 aromatic heterocycles. The minimum absolute atomic E-state index is 0.0502. The number of amides is 1. The number of nitrogens with zero attached hydrogens (tertiary/aromatic N) is 1. The lowest BCUT2D eigenvalue weighted by Crippen LogP contribution is -2.55. The molecule has 2 saturated heterocycles. The molecule has 1 amide bonds. The third-order valence-electron chi connectivity index (χ3n) is 2.96. The number of carbonyl (C=O) groups is 2. The first kappa shape index (κ1) is 11.2. The van der Waals surface area contributed by atoms with Gasteiger partial charge in [0.25, 0.3) is 0 Å². The maximum atomic E-state index is 11.0. The quantitative estimate of drug-likeness (QED) is 0.657. The van der Waals surface area contributed by atoms with Gasteiger partial charge in [-0.3, -0.25) is 4.90 Å². The second-order valence-corrected chi connectivity index (χ2v) is 3.89. The molecule has 2 heterocycles. The van der Waals surface area contributed by atoms with Crippen molar-refractivity contribution in [3.05, 3.63) is 0 Å². The summed E-state index contributed by atoms with van der Waals surface area (Å²) in [4.78, 5) is 22.8. The van der Waals surface area contributed by atoms with E-state index in [1.807, 2.05) is 0 Å². The minimum atomic E-state index is -1.22. The molecule has 0 aliphatic carbocycles. The van der Waals surface area contributed by atoms with Crippen molar-refractivity contribution in [1.82, 2.24) is 4.90 Å². The molecule has 0 radical (unpaired) electrons. The van der Waals surface area contributed by atoms with Crippen molar-refractivity contribution in [2.45, 2.75) is 24.7 Å². The lowest BCUT2D eigenvalue weighted by molar-refractivity contribution is -0.198. The molecule has 90 valence electrons. The summed E-state index contributed by atoms with van der Waals surface area (Å²) in [6.45, 7) is 0.977. The van der Waals surface area contributed by atoms with Crippen molar-refractivity contribution >= 4 is 12.1 Å². The van der Waals surface area contributed by atoms with Crippen molar-refractivity contribution in [3.8, 4) is 0 Å². The van der Waals surface area contributed by atoms with Crippen LogP contribution in [-0.2, 0) is 14.3 Å². The van der Waals surface area contributed by atoms with Crippen LogP contribution in [0.1, 0.15) is 12.8 Å². The smallest absolute Gasteiger partial charge is 0.408 e. The average Bonchev–Trinajstić information content (AvgIpc) is 2.66.